The molecule has 0 spiro atoms. The highest BCUT2D eigenvalue weighted by Gasteiger charge is 2.31. The van der Waals surface area contributed by atoms with Gasteiger partial charge in [-0.1, -0.05) is 44.2 Å². The van der Waals surface area contributed by atoms with Crippen molar-refractivity contribution in [2.45, 2.75) is 39.3 Å². The predicted octanol–water partition coefficient (Wildman–Crippen LogP) is 0.430. The van der Waals surface area contributed by atoms with E-state index in [1.54, 1.807) is 38.1 Å². The SMILES string of the molecule is CC(C)C[C@@H](C(=O)NO)C(=O)N[C@@H](CC(=O)O)C(=O)NCc1ccccc1. The highest BCUT2D eigenvalue weighted by molar-refractivity contribution is 6.01. The number of rotatable bonds is 10. The van der Waals surface area contributed by atoms with Gasteiger partial charge in [-0.05, 0) is 17.9 Å². The summed E-state index contributed by atoms with van der Waals surface area (Å²) in [5.41, 5.74) is 2.23. The Bertz CT molecular complexity index is 662. The summed E-state index contributed by atoms with van der Waals surface area (Å²) in [6, 6.07) is 7.63. The number of hydrogen-bond acceptors (Lipinski definition) is 5. The summed E-state index contributed by atoms with van der Waals surface area (Å²) in [5.74, 6) is -4.98. The Labute approximate surface area is 157 Å². The van der Waals surface area contributed by atoms with E-state index >= 15 is 0 Å². The fraction of sp³-hybridized carbons (Fsp3) is 0.444. The molecule has 2 atom stereocenters. The molecule has 0 aliphatic rings. The molecule has 0 aliphatic carbocycles. The number of nitrogens with one attached hydrogen (secondary N) is 3. The normalized spacial score (nSPS) is 12.7. The lowest BCUT2D eigenvalue weighted by Gasteiger charge is -2.21. The van der Waals surface area contributed by atoms with Crippen LogP contribution in [0, 0.1) is 11.8 Å². The van der Waals surface area contributed by atoms with E-state index in [1.807, 2.05) is 6.07 Å². The van der Waals surface area contributed by atoms with E-state index in [0.717, 1.165) is 5.56 Å². The van der Waals surface area contributed by atoms with Crippen molar-refractivity contribution in [3.05, 3.63) is 35.9 Å². The molecule has 9 nitrogen and oxygen atoms in total. The van der Waals surface area contributed by atoms with Crippen molar-refractivity contribution in [2.24, 2.45) is 11.8 Å². The van der Waals surface area contributed by atoms with Crippen molar-refractivity contribution < 1.29 is 29.5 Å². The second-order valence-electron chi connectivity index (χ2n) is 6.52. The van der Waals surface area contributed by atoms with E-state index < -0.39 is 42.1 Å². The van der Waals surface area contributed by atoms with Gasteiger partial charge < -0.3 is 15.7 Å². The minimum atomic E-state index is -1.35. The lowest BCUT2D eigenvalue weighted by molar-refractivity contribution is -0.144. The number of aliphatic carboxylic acids is 1. The van der Waals surface area contributed by atoms with Gasteiger partial charge >= 0.3 is 5.97 Å². The molecule has 0 fully saturated rings. The van der Waals surface area contributed by atoms with Crippen molar-refractivity contribution >= 4 is 23.7 Å². The van der Waals surface area contributed by atoms with Gasteiger partial charge in [0.1, 0.15) is 12.0 Å². The summed E-state index contributed by atoms with van der Waals surface area (Å²) in [6.07, 6.45) is -0.509. The summed E-state index contributed by atoms with van der Waals surface area (Å²) in [6.45, 7) is 3.73. The van der Waals surface area contributed by atoms with Crippen LogP contribution in [0.3, 0.4) is 0 Å². The highest BCUT2D eigenvalue weighted by Crippen LogP contribution is 2.13. The van der Waals surface area contributed by atoms with Crippen molar-refractivity contribution in [3.8, 4) is 0 Å². The Morgan fingerprint density at radius 3 is 2.15 bits per heavy atom. The third-order valence-corrected chi connectivity index (χ3v) is 3.77. The number of hydrogen-bond donors (Lipinski definition) is 5. The van der Waals surface area contributed by atoms with Crippen molar-refractivity contribution in [3.63, 3.8) is 0 Å². The number of hydroxylamine groups is 1. The molecule has 27 heavy (non-hydrogen) atoms. The zero-order valence-corrected chi connectivity index (χ0v) is 15.3. The molecule has 0 saturated carbocycles. The third-order valence-electron chi connectivity index (χ3n) is 3.77. The van der Waals surface area contributed by atoms with Gasteiger partial charge in [-0.3, -0.25) is 24.4 Å². The molecule has 9 heteroatoms. The van der Waals surface area contributed by atoms with E-state index in [2.05, 4.69) is 10.6 Å². The number of carbonyl (C=O) groups excluding carboxylic acids is 3. The van der Waals surface area contributed by atoms with Gasteiger partial charge in [-0.2, -0.15) is 0 Å². The monoisotopic (exact) mass is 379 g/mol. The summed E-state index contributed by atoms with van der Waals surface area (Å²) >= 11 is 0. The molecule has 0 aliphatic heterocycles. The molecule has 0 saturated heterocycles. The molecule has 3 amide bonds. The molecule has 0 unspecified atom stereocenters. The van der Waals surface area contributed by atoms with Crippen molar-refractivity contribution in [1.29, 1.82) is 0 Å². The Morgan fingerprint density at radius 1 is 1.00 bits per heavy atom. The smallest absolute Gasteiger partial charge is 0.305 e. The quantitative estimate of drug-likeness (QED) is 0.226. The maximum atomic E-state index is 12.4. The minimum Gasteiger partial charge on any atom is -0.481 e. The Morgan fingerprint density at radius 2 is 1.63 bits per heavy atom. The van der Waals surface area contributed by atoms with Crippen LogP contribution >= 0.6 is 0 Å². The minimum absolute atomic E-state index is 0.0390. The number of amides is 3. The maximum absolute atomic E-state index is 12.4. The van der Waals surface area contributed by atoms with E-state index in [9.17, 15) is 19.2 Å². The fourth-order valence-corrected chi connectivity index (χ4v) is 2.45. The van der Waals surface area contributed by atoms with Gasteiger partial charge in [0, 0.05) is 6.54 Å². The van der Waals surface area contributed by atoms with Crippen LogP contribution in [0.2, 0.25) is 0 Å². The van der Waals surface area contributed by atoms with Crippen LogP contribution in [-0.2, 0) is 25.7 Å². The summed E-state index contributed by atoms with van der Waals surface area (Å²) in [5, 5.41) is 22.7. The topological polar surface area (TPSA) is 145 Å². The van der Waals surface area contributed by atoms with E-state index in [-0.39, 0.29) is 18.9 Å². The molecule has 0 heterocycles. The number of carbonyl (C=O) groups is 4. The summed E-state index contributed by atoms with van der Waals surface area (Å²) in [7, 11) is 0. The second kappa shape index (κ2) is 10.9. The first kappa shape index (κ1) is 22.1. The van der Waals surface area contributed by atoms with Gasteiger partial charge in [-0.25, -0.2) is 5.48 Å². The van der Waals surface area contributed by atoms with E-state index in [4.69, 9.17) is 10.3 Å². The molecule has 148 valence electrons. The molecular formula is C18H25N3O6. The van der Waals surface area contributed by atoms with Gasteiger partial charge in [0.15, 0.2) is 0 Å². The highest BCUT2D eigenvalue weighted by atomic mass is 16.5. The molecule has 5 N–H and O–H groups in total. The predicted molar refractivity (Wildman–Crippen MR) is 95.3 cm³/mol. The average Bonchev–Trinajstić information content (AvgIpc) is 2.63. The van der Waals surface area contributed by atoms with Gasteiger partial charge in [0.25, 0.3) is 5.91 Å². The van der Waals surface area contributed by atoms with Crippen LogP contribution in [0.1, 0.15) is 32.3 Å². The molecule has 1 aromatic carbocycles. The standard InChI is InChI=1S/C18H25N3O6/c1-11(2)8-13(17(25)21-27)16(24)20-14(9-15(22)23)18(26)19-10-12-6-4-3-5-7-12/h3-7,11,13-14,27H,8-10H2,1-2H3,(H,19,26)(H,20,24)(H,21,25)(H,22,23)/t13-,14+/m1/s1. The Balaban J connectivity index is 2.81. The Hall–Kier alpha value is -2.94. The van der Waals surface area contributed by atoms with Crippen LogP contribution in [0.25, 0.3) is 0 Å². The number of benzene rings is 1. The van der Waals surface area contributed by atoms with Crippen molar-refractivity contribution in [1.82, 2.24) is 16.1 Å². The number of carboxylic acid groups (broad SMARTS) is 1. The molecule has 0 aromatic heterocycles. The molecule has 0 bridgehead atoms. The molecular weight excluding hydrogens is 354 g/mol. The van der Waals surface area contributed by atoms with Crippen LogP contribution in [0.15, 0.2) is 30.3 Å². The van der Waals surface area contributed by atoms with Crippen LogP contribution in [-0.4, -0.2) is 40.0 Å². The van der Waals surface area contributed by atoms with E-state index in [0.29, 0.717) is 0 Å². The van der Waals surface area contributed by atoms with Crippen LogP contribution < -0.4 is 16.1 Å². The van der Waals surface area contributed by atoms with Gasteiger partial charge in [0.05, 0.1) is 6.42 Å². The fourth-order valence-electron chi connectivity index (χ4n) is 2.45. The molecule has 1 aromatic rings. The van der Waals surface area contributed by atoms with E-state index in [1.165, 1.54) is 5.48 Å². The van der Waals surface area contributed by atoms with Gasteiger partial charge in [-0.15, -0.1) is 0 Å². The van der Waals surface area contributed by atoms with Crippen molar-refractivity contribution in [2.75, 3.05) is 0 Å². The summed E-state index contributed by atoms with van der Waals surface area (Å²) in [4.78, 5) is 47.5. The molecule has 0 radical (unpaired) electrons. The zero-order chi connectivity index (χ0) is 20.4. The first-order valence-electron chi connectivity index (χ1n) is 8.52. The lowest BCUT2D eigenvalue weighted by Crippen LogP contribution is -2.51. The Kier molecular flexibility index (Phi) is 8.94. The second-order valence-corrected chi connectivity index (χ2v) is 6.52. The maximum Gasteiger partial charge on any atom is 0.305 e. The summed E-state index contributed by atoms with van der Waals surface area (Å²) < 4.78 is 0. The largest absolute Gasteiger partial charge is 0.481 e. The van der Waals surface area contributed by atoms with Crippen LogP contribution in [0.5, 0.6) is 0 Å². The van der Waals surface area contributed by atoms with Crippen LogP contribution in [0.4, 0.5) is 0 Å². The average molecular weight is 379 g/mol. The number of carboxylic acids is 1. The zero-order valence-electron chi connectivity index (χ0n) is 15.3. The first-order chi connectivity index (χ1) is 12.7. The molecule has 1 rings (SSSR count). The first-order valence-corrected chi connectivity index (χ1v) is 8.52. The lowest BCUT2D eigenvalue weighted by atomic mass is 9.95. The van der Waals surface area contributed by atoms with Gasteiger partial charge in [0.2, 0.25) is 11.8 Å². The third kappa shape index (κ3) is 7.87.